The van der Waals surface area contributed by atoms with E-state index in [0.29, 0.717) is 24.7 Å². The fourth-order valence-electron chi connectivity index (χ4n) is 3.54. The summed E-state index contributed by atoms with van der Waals surface area (Å²) >= 11 is 0. The molecule has 1 saturated carbocycles. The first-order valence-electron chi connectivity index (χ1n) is 8.13. The summed E-state index contributed by atoms with van der Waals surface area (Å²) in [6, 6.07) is 3.50. The quantitative estimate of drug-likeness (QED) is 0.877. The largest absolute Gasteiger partial charge is 0.453 e. The Hall–Kier alpha value is -1.33. The molecule has 5 heteroatoms. The average Bonchev–Trinajstić information content (AvgIpc) is 3.22. The summed E-state index contributed by atoms with van der Waals surface area (Å²) in [5.41, 5.74) is -0.114. The maximum absolute atomic E-state index is 12.6. The van der Waals surface area contributed by atoms with Crippen LogP contribution in [0.3, 0.4) is 0 Å². The molecule has 2 heterocycles. The van der Waals surface area contributed by atoms with Crippen LogP contribution in [0.2, 0.25) is 0 Å². The highest BCUT2D eigenvalue weighted by Crippen LogP contribution is 2.44. The molecule has 1 aliphatic heterocycles. The van der Waals surface area contributed by atoms with Gasteiger partial charge in [0.15, 0.2) is 5.76 Å². The minimum Gasteiger partial charge on any atom is -0.453 e. The zero-order chi connectivity index (χ0) is 15.6. The zero-order valence-corrected chi connectivity index (χ0v) is 13.2. The Balaban J connectivity index is 1.68. The third-order valence-electron chi connectivity index (χ3n) is 4.86. The standard InChI is InChI=1S/C17H25NO4/c1-21-10-14-5-6-15(22-14)16(20)18-8-2-7-17(11-18,12-19)9-13-3-4-13/h5-6,13,19H,2-4,7-12H2,1H3/t17-/m1/s1. The number of aliphatic hydroxyl groups is 1. The van der Waals surface area contributed by atoms with Crippen molar-refractivity contribution in [2.75, 3.05) is 26.8 Å². The van der Waals surface area contributed by atoms with Crippen molar-refractivity contribution in [1.82, 2.24) is 4.90 Å². The Morgan fingerprint density at radius 2 is 2.32 bits per heavy atom. The predicted octanol–water partition coefficient (Wildman–Crippen LogP) is 2.44. The Morgan fingerprint density at radius 1 is 1.50 bits per heavy atom. The van der Waals surface area contributed by atoms with Crippen molar-refractivity contribution >= 4 is 5.91 Å². The molecule has 3 rings (SSSR count). The monoisotopic (exact) mass is 307 g/mol. The van der Waals surface area contributed by atoms with E-state index in [-0.39, 0.29) is 17.9 Å². The van der Waals surface area contributed by atoms with Crippen LogP contribution in [0.4, 0.5) is 0 Å². The van der Waals surface area contributed by atoms with Crippen LogP contribution in [-0.2, 0) is 11.3 Å². The molecule has 0 aromatic carbocycles. The summed E-state index contributed by atoms with van der Waals surface area (Å²) in [6.45, 7) is 1.92. The number of carbonyl (C=O) groups is 1. The molecular weight excluding hydrogens is 282 g/mol. The molecular formula is C17H25NO4. The Labute approximate surface area is 131 Å². The third-order valence-corrected chi connectivity index (χ3v) is 4.86. The van der Waals surface area contributed by atoms with Gasteiger partial charge in [0.05, 0.1) is 6.61 Å². The number of likely N-dealkylation sites (tertiary alicyclic amines) is 1. The highest BCUT2D eigenvalue weighted by atomic mass is 16.5. The SMILES string of the molecule is COCc1ccc(C(=O)N2CCC[C@@](CO)(CC3CC3)C2)o1. The van der Waals surface area contributed by atoms with Gasteiger partial charge in [-0.15, -0.1) is 0 Å². The summed E-state index contributed by atoms with van der Waals surface area (Å²) in [4.78, 5) is 14.5. The van der Waals surface area contributed by atoms with Crippen LogP contribution in [0.1, 0.15) is 48.4 Å². The third kappa shape index (κ3) is 3.36. The van der Waals surface area contributed by atoms with Gasteiger partial charge in [-0.1, -0.05) is 12.8 Å². The number of furan rings is 1. The average molecular weight is 307 g/mol. The maximum Gasteiger partial charge on any atom is 0.289 e. The summed E-state index contributed by atoms with van der Waals surface area (Å²) in [5, 5.41) is 9.88. The second-order valence-electron chi connectivity index (χ2n) is 6.83. The molecule has 1 aromatic heterocycles. The Bertz CT molecular complexity index is 522. The molecule has 1 amide bonds. The lowest BCUT2D eigenvalue weighted by Crippen LogP contribution is -2.48. The van der Waals surface area contributed by atoms with Gasteiger partial charge >= 0.3 is 0 Å². The van der Waals surface area contributed by atoms with Crippen molar-refractivity contribution in [2.45, 2.75) is 38.7 Å². The van der Waals surface area contributed by atoms with E-state index < -0.39 is 0 Å². The summed E-state index contributed by atoms with van der Waals surface area (Å²) in [6.07, 6.45) is 5.55. The number of aliphatic hydroxyl groups excluding tert-OH is 1. The van der Waals surface area contributed by atoms with Crippen molar-refractivity contribution in [2.24, 2.45) is 11.3 Å². The van der Waals surface area contributed by atoms with Crippen molar-refractivity contribution in [3.05, 3.63) is 23.7 Å². The van der Waals surface area contributed by atoms with Crippen LogP contribution < -0.4 is 0 Å². The van der Waals surface area contributed by atoms with E-state index in [2.05, 4.69) is 0 Å². The van der Waals surface area contributed by atoms with Crippen LogP contribution in [0.5, 0.6) is 0 Å². The number of nitrogens with zero attached hydrogens (tertiary/aromatic N) is 1. The van der Waals surface area contributed by atoms with Gasteiger partial charge in [0, 0.05) is 25.6 Å². The molecule has 0 spiro atoms. The number of amides is 1. The molecule has 1 aromatic rings. The minimum atomic E-state index is -0.114. The molecule has 2 aliphatic rings. The molecule has 1 saturated heterocycles. The van der Waals surface area contributed by atoms with Gasteiger partial charge in [-0.05, 0) is 37.3 Å². The highest BCUT2D eigenvalue weighted by molar-refractivity contribution is 5.91. The lowest BCUT2D eigenvalue weighted by atomic mass is 9.76. The number of ether oxygens (including phenoxy) is 1. The molecule has 1 atom stereocenters. The lowest BCUT2D eigenvalue weighted by molar-refractivity contribution is 0.0177. The summed E-state index contributed by atoms with van der Waals surface area (Å²) in [7, 11) is 1.60. The minimum absolute atomic E-state index is 0.0734. The fourth-order valence-corrected chi connectivity index (χ4v) is 3.54. The fraction of sp³-hybridized carbons (Fsp3) is 0.706. The number of carbonyl (C=O) groups excluding carboxylic acids is 1. The van der Waals surface area contributed by atoms with E-state index >= 15 is 0 Å². The molecule has 1 N–H and O–H groups in total. The second-order valence-corrected chi connectivity index (χ2v) is 6.83. The predicted molar refractivity (Wildman–Crippen MR) is 81.4 cm³/mol. The number of methoxy groups -OCH3 is 1. The van der Waals surface area contributed by atoms with Gasteiger partial charge in [-0.3, -0.25) is 4.79 Å². The topological polar surface area (TPSA) is 62.9 Å². The van der Waals surface area contributed by atoms with E-state index in [9.17, 15) is 9.90 Å². The van der Waals surface area contributed by atoms with Crippen molar-refractivity contribution < 1.29 is 19.1 Å². The van der Waals surface area contributed by atoms with E-state index in [1.165, 1.54) is 12.8 Å². The van der Waals surface area contributed by atoms with Gasteiger partial charge in [0.2, 0.25) is 0 Å². The molecule has 5 nitrogen and oxygen atoms in total. The lowest BCUT2D eigenvalue weighted by Gasteiger charge is -2.41. The first-order valence-corrected chi connectivity index (χ1v) is 8.13. The van der Waals surface area contributed by atoms with E-state index in [4.69, 9.17) is 9.15 Å². The van der Waals surface area contributed by atoms with Crippen molar-refractivity contribution in [1.29, 1.82) is 0 Å². The molecule has 2 fully saturated rings. The molecule has 122 valence electrons. The molecule has 1 aliphatic carbocycles. The van der Waals surface area contributed by atoms with E-state index in [0.717, 1.165) is 31.7 Å². The van der Waals surface area contributed by atoms with Crippen LogP contribution in [0.25, 0.3) is 0 Å². The van der Waals surface area contributed by atoms with Gasteiger partial charge in [0.1, 0.15) is 12.4 Å². The number of hydrogen-bond donors (Lipinski definition) is 1. The first kappa shape index (κ1) is 15.6. The van der Waals surface area contributed by atoms with Gasteiger partial charge < -0.3 is 19.2 Å². The van der Waals surface area contributed by atoms with Gasteiger partial charge in [-0.25, -0.2) is 0 Å². The maximum atomic E-state index is 12.6. The second kappa shape index (κ2) is 6.42. The number of hydrogen-bond acceptors (Lipinski definition) is 4. The number of piperidine rings is 1. The van der Waals surface area contributed by atoms with Crippen LogP contribution in [-0.4, -0.2) is 42.7 Å². The van der Waals surface area contributed by atoms with E-state index in [1.54, 1.807) is 19.2 Å². The molecule has 22 heavy (non-hydrogen) atoms. The van der Waals surface area contributed by atoms with Crippen molar-refractivity contribution in [3.63, 3.8) is 0 Å². The van der Waals surface area contributed by atoms with Crippen LogP contribution in [0, 0.1) is 11.3 Å². The summed E-state index contributed by atoms with van der Waals surface area (Å²) < 4.78 is 10.6. The van der Waals surface area contributed by atoms with E-state index in [1.807, 2.05) is 4.90 Å². The normalized spacial score (nSPS) is 25.5. The van der Waals surface area contributed by atoms with Crippen LogP contribution in [0.15, 0.2) is 16.5 Å². The zero-order valence-electron chi connectivity index (χ0n) is 13.2. The van der Waals surface area contributed by atoms with Crippen LogP contribution >= 0.6 is 0 Å². The first-order chi connectivity index (χ1) is 10.7. The molecule has 0 unspecified atom stereocenters. The summed E-state index contributed by atoms with van der Waals surface area (Å²) in [5.74, 6) is 1.70. The molecule has 0 bridgehead atoms. The molecule has 0 radical (unpaired) electrons. The number of rotatable bonds is 6. The van der Waals surface area contributed by atoms with Crippen molar-refractivity contribution in [3.8, 4) is 0 Å². The Kier molecular flexibility index (Phi) is 4.54. The van der Waals surface area contributed by atoms with Gasteiger partial charge in [-0.2, -0.15) is 0 Å². The van der Waals surface area contributed by atoms with Gasteiger partial charge in [0.25, 0.3) is 5.91 Å². The Morgan fingerprint density at radius 3 is 3.00 bits per heavy atom. The highest BCUT2D eigenvalue weighted by Gasteiger charge is 2.41. The smallest absolute Gasteiger partial charge is 0.289 e.